The van der Waals surface area contributed by atoms with Gasteiger partial charge in [-0.05, 0) is 48.2 Å². The number of carbonyl (C=O) groups excluding carboxylic acids is 1. The van der Waals surface area contributed by atoms with Crippen molar-refractivity contribution in [1.29, 1.82) is 0 Å². The molecule has 0 spiro atoms. The number of nitrogens with zero attached hydrogens (tertiary/aromatic N) is 2. The van der Waals surface area contributed by atoms with Gasteiger partial charge in [0, 0.05) is 35.3 Å². The Balaban J connectivity index is 1.88. The van der Waals surface area contributed by atoms with Crippen LogP contribution in [-0.4, -0.2) is 22.5 Å². The van der Waals surface area contributed by atoms with Gasteiger partial charge in [0.05, 0.1) is 11.2 Å². The molecule has 2 aromatic carbocycles. The molecule has 28 heavy (non-hydrogen) atoms. The van der Waals surface area contributed by atoms with E-state index in [9.17, 15) is 4.79 Å². The second-order valence-electron chi connectivity index (χ2n) is 6.41. The van der Waals surface area contributed by atoms with Gasteiger partial charge in [0.15, 0.2) is 0 Å². The van der Waals surface area contributed by atoms with E-state index in [0.717, 1.165) is 40.6 Å². The molecule has 3 aromatic rings. The molecular formula is C22H21Cl2N3O. The third-order valence-electron chi connectivity index (χ3n) is 4.36. The zero-order chi connectivity index (χ0) is 19.8. The molecule has 0 aliphatic heterocycles. The van der Waals surface area contributed by atoms with E-state index in [0.29, 0.717) is 23.7 Å². The molecule has 0 aliphatic carbocycles. The van der Waals surface area contributed by atoms with Crippen molar-refractivity contribution in [3.05, 3.63) is 76.9 Å². The molecule has 0 radical (unpaired) electrons. The maximum absolute atomic E-state index is 12.1. The summed E-state index contributed by atoms with van der Waals surface area (Å²) in [6.07, 6.45) is 4.29. The lowest BCUT2D eigenvalue weighted by molar-refractivity contribution is -0.121. The Hall–Kier alpha value is -2.43. The molecule has 1 amide bonds. The number of aromatic nitrogens is 1. The van der Waals surface area contributed by atoms with Crippen LogP contribution in [0.4, 0.5) is 0 Å². The molecule has 144 valence electrons. The monoisotopic (exact) mass is 413 g/mol. The molecule has 0 aliphatic rings. The van der Waals surface area contributed by atoms with Gasteiger partial charge in [0.2, 0.25) is 5.91 Å². The van der Waals surface area contributed by atoms with E-state index in [1.54, 1.807) is 6.20 Å². The number of benzene rings is 2. The summed E-state index contributed by atoms with van der Waals surface area (Å²) >= 11 is 11.8. The van der Waals surface area contributed by atoms with Gasteiger partial charge in [-0.15, -0.1) is 11.6 Å². The second-order valence-corrected chi connectivity index (χ2v) is 7.23. The number of fused-ring (bicyclic) bond motifs is 1. The van der Waals surface area contributed by atoms with Crippen molar-refractivity contribution in [1.82, 2.24) is 10.4 Å². The Labute approximate surface area is 174 Å². The summed E-state index contributed by atoms with van der Waals surface area (Å²) in [5.74, 6) is 0.434. The summed E-state index contributed by atoms with van der Waals surface area (Å²) in [6.45, 7) is 0. The molecule has 6 heteroatoms. The minimum Gasteiger partial charge on any atom is -0.273 e. The summed E-state index contributed by atoms with van der Waals surface area (Å²) < 4.78 is 0. The van der Waals surface area contributed by atoms with Crippen LogP contribution in [0.15, 0.2) is 65.9 Å². The molecule has 3 rings (SSSR count). The van der Waals surface area contributed by atoms with Gasteiger partial charge in [0.1, 0.15) is 0 Å². The molecule has 0 bridgehead atoms. The minimum absolute atomic E-state index is 0.121. The minimum atomic E-state index is -0.121. The first-order chi connectivity index (χ1) is 13.7. The summed E-state index contributed by atoms with van der Waals surface area (Å²) in [7, 11) is 0. The fourth-order valence-electron chi connectivity index (χ4n) is 2.93. The number of hydrogen-bond donors (Lipinski definition) is 1. The number of para-hydroxylation sites is 1. The Morgan fingerprint density at radius 2 is 1.93 bits per heavy atom. The van der Waals surface area contributed by atoms with Crippen LogP contribution >= 0.6 is 23.2 Å². The van der Waals surface area contributed by atoms with E-state index in [1.807, 2.05) is 54.6 Å². The molecule has 0 atom stereocenters. The van der Waals surface area contributed by atoms with Crippen LogP contribution in [0.3, 0.4) is 0 Å². The van der Waals surface area contributed by atoms with Crippen LogP contribution in [0.2, 0.25) is 5.02 Å². The Morgan fingerprint density at radius 3 is 2.75 bits per heavy atom. The summed E-state index contributed by atoms with van der Waals surface area (Å²) in [5, 5.41) is 6.11. The van der Waals surface area contributed by atoms with Crippen LogP contribution < -0.4 is 5.43 Å². The first kappa shape index (κ1) is 20.3. The van der Waals surface area contributed by atoms with Gasteiger partial charge >= 0.3 is 0 Å². The van der Waals surface area contributed by atoms with Crippen molar-refractivity contribution in [3.8, 4) is 0 Å². The number of unbranched alkanes of at least 4 members (excludes halogenated alkanes) is 1. The highest BCUT2D eigenvalue weighted by atomic mass is 35.5. The highest BCUT2D eigenvalue weighted by molar-refractivity contribution is 6.31. The molecule has 0 unspecified atom stereocenters. The first-order valence-corrected chi connectivity index (χ1v) is 10.1. The average Bonchev–Trinajstić information content (AvgIpc) is 2.71. The zero-order valence-corrected chi connectivity index (χ0v) is 16.9. The Kier molecular flexibility index (Phi) is 7.40. The quantitative estimate of drug-likeness (QED) is 0.234. The van der Waals surface area contributed by atoms with Crippen LogP contribution in [0, 0.1) is 0 Å². The van der Waals surface area contributed by atoms with Gasteiger partial charge in [-0.3, -0.25) is 9.78 Å². The van der Waals surface area contributed by atoms with Gasteiger partial charge in [-0.1, -0.05) is 41.9 Å². The number of pyridine rings is 1. The van der Waals surface area contributed by atoms with E-state index >= 15 is 0 Å². The van der Waals surface area contributed by atoms with Gasteiger partial charge in [-0.2, -0.15) is 5.10 Å². The third kappa shape index (κ3) is 5.54. The lowest BCUT2D eigenvalue weighted by Gasteiger charge is -2.10. The summed E-state index contributed by atoms with van der Waals surface area (Å²) in [5.41, 5.74) is 6.30. The van der Waals surface area contributed by atoms with Crippen molar-refractivity contribution in [2.75, 3.05) is 5.88 Å². The van der Waals surface area contributed by atoms with Crippen molar-refractivity contribution in [2.24, 2.45) is 5.10 Å². The normalized spacial score (nSPS) is 11.6. The van der Waals surface area contributed by atoms with Crippen LogP contribution in [0.25, 0.3) is 10.9 Å². The third-order valence-corrected chi connectivity index (χ3v) is 4.86. The number of halogens is 2. The van der Waals surface area contributed by atoms with Crippen molar-refractivity contribution in [3.63, 3.8) is 0 Å². The largest absolute Gasteiger partial charge is 0.273 e. The van der Waals surface area contributed by atoms with Crippen LogP contribution in [-0.2, 0) is 11.2 Å². The van der Waals surface area contributed by atoms with Crippen molar-refractivity contribution >= 4 is 45.7 Å². The number of carbonyl (C=O) groups is 1. The predicted octanol–water partition coefficient (Wildman–Crippen LogP) is 5.36. The molecular weight excluding hydrogens is 393 g/mol. The number of amides is 1. The highest BCUT2D eigenvalue weighted by Gasteiger charge is 2.10. The van der Waals surface area contributed by atoms with E-state index in [1.165, 1.54) is 0 Å². The molecule has 0 fully saturated rings. The number of alkyl halides is 1. The number of hydrogen-bond acceptors (Lipinski definition) is 3. The first-order valence-electron chi connectivity index (χ1n) is 9.17. The number of hydrazone groups is 1. The Bertz CT molecular complexity index is 983. The van der Waals surface area contributed by atoms with Gasteiger partial charge in [0.25, 0.3) is 0 Å². The molecule has 1 heterocycles. The van der Waals surface area contributed by atoms with E-state index in [2.05, 4.69) is 15.5 Å². The van der Waals surface area contributed by atoms with Gasteiger partial charge < -0.3 is 0 Å². The smallest absolute Gasteiger partial charge is 0.240 e. The number of rotatable bonds is 8. The standard InChI is InChI=1S/C22H21Cl2N3O/c23-12-4-3-10-22(28)27-26-21(17-6-5-7-18(24)14-17)15-16-11-13-25-20-9-2-1-8-19(16)20/h1-2,5-9,11,13-14H,3-4,10,12,15H2,(H,27,28). The maximum atomic E-state index is 12.1. The van der Waals surface area contributed by atoms with Crippen molar-refractivity contribution in [2.45, 2.75) is 25.7 Å². The fraction of sp³-hybridized carbons (Fsp3) is 0.227. The lowest BCUT2D eigenvalue weighted by Crippen LogP contribution is -2.20. The molecule has 1 aromatic heterocycles. The molecule has 4 nitrogen and oxygen atoms in total. The topological polar surface area (TPSA) is 54.4 Å². The van der Waals surface area contributed by atoms with Gasteiger partial charge in [-0.25, -0.2) is 5.43 Å². The number of nitrogens with one attached hydrogen (secondary N) is 1. The van der Waals surface area contributed by atoms with E-state index in [4.69, 9.17) is 23.2 Å². The lowest BCUT2D eigenvalue weighted by atomic mass is 9.99. The summed E-state index contributed by atoms with van der Waals surface area (Å²) in [4.78, 5) is 16.5. The van der Waals surface area contributed by atoms with E-state index in [-0.39, 0.29) is 5.91 Å². The molecule has 0 saturated carbocycles. The average molecular weight is 414 g/mol. The van der Waals surface area contributed by atoms with Crippen LogP contribution in [0.1, 0.15) is 30.4 Å². The fourth-order valence-corrected chi connectivity index (χ4v) is 3.31. The SMILES string of the molecule is O=C(CCCCCl)NN=C(Cc1ccnc2ccccc12)c1cccc(Cl)c1. The van der Waals surface area contributed by atoms with E-state index < -0.39 is 0 Å². The second kappa shape index (κ2) is 10.2. The Morgan fingerprint density at radius 1 is 1.07 bits per heavy atom. The van der Waals surface area contributed by atoms with Crippen molar-refractivity contribution < 1.29 is 4.79 Å². The van der Waals surface area contributed by atoms with Crippen LogP contribution in [0.5, 0.6) is 0 Å². The molecule has 0 saturated heterocycles. The summed E-state index contributed by atoms with van der Waals surface area (Å²) in [6, 6.07) is 17.4. The highest BCUT2D eigenvalue weighted by Crippen LogP contribution is 2.20. The maximum Gasteiger partial charge on any atom is 0.240 e. The predicted molar refractivity (Wildman–Crippen MR) is 116 cm³/mol. The zero-order valence-electron chi connectivity index (χ0n) is 15.4. The molecule has 1 N–H and O–H groups in total.